The lowest BCUT2D eigenvalue weighted by Crippen LogP contribution is -2.41. The summed E-state index contributed by atoms with van der Waals surface area (Å²) in [5.74, 6) is 0. The van der Waals surface area contributed by atoms with Gasteiger partial charge in [-0.15, -0.1) is 0 Å². The Balaban J connectivity index is 2.89. The van der Waals surface area contributed by atoms with Crippen molar-refractivity contribution < 1.29 is 27.1 Å². The third-order valence-corrected chi connectivity index (χ3v) is 3.53. The minimum Gasteiger partial charge on any atom is -0.399 e. The minimum atomic E-state index is -3.69. The lowest BCUT2D eigenvalue weighted by atomic mass is 9.80. The third-order valence-electron chi connectivity index (χ3n) is 3.53. The first kappa shape index (κ1) is 5.62. The van der Waals surface area contributed by atoms with Crippen LogP contribution in [-0.2, 0) is 9.31 Å². The van der Waals surface area contributed by atoms with Crippen molar-refractivity contribution in [2.75, 3.05) is 17.9 Å². The molecule has 0 saturated carbocycles. The molecule has 1 aliphatic rings. The molecule has 0 bridgehead atoms. The first-order valence-corrected chi connectivity index (χ1v) is 6.04. The Morgan fingerprint density at radius 1 is 1.25 bits per heavy atom. The second-order valence-electron chi connectivity index (χ2n) is 5.37. The largest absolute Gasteiger partial charge is 0.496 e. The first-order valence-electron chi connectivity index (χ1n) is 12.5. The highest BCUT2D eigenvalue weighted by Gasteiger charge is 2.51. The van der Waals surface area contributed by atoms with Gasteiger partial charge in [-0.2, -0.15) is 0 Å². The molecule has 0 aromatic carbocycles. The van der Waals surface area contributed by atoms with Gasteiger partial charge >= 0.3 is 7.12 Å². The molecule has 0 radical (unpaired) electrons. The van der Waals surface area contributed by atoms with E-state index >= 15 is 0 Å². The average molecular weight is 289 g/mol. The molecule has 0 spiro atoms. The van der Waals surface area contributed by atoms with Gasteiger partial charge in [0.25, 0.3) is 0 Å². The number of hydrogen-bond donors (Lipinski definition) is 0. The van der Waals surface area contributed by atoms with Crippen LogP contribution in [-0.4, -0.2) is 36.3 Å². The standard InChI is InChI=1S/C15H25BN2O2/c1-7-18(8-2)13-9-12(10-17-11-13)16-19-14(3,4)15(5,6)20-16/h9-11H,7-8H2,1-6H3/i1D3,2D3,7D2,8D2,9D,10D,11D. The zero-order valence-electron chi connectivity index (χ0n) is 24.8. The Kier molecular flexibility index (Phi) is 1.51. The second-order valence-corrected chi connectivity index (χ2v) is 5.37. The summed E-state index contributed by atoms with van der Waals surface area (Å²) in [6.45, 7) is -7.83. The van der Waals surface area contributed by atoms with Gasteiger partial charge in [0.1, 0.15) is 0 Å². The van der Waals surface area contributed by atoms with Crippen LogP contribution < -0.4 is 10.4 Å². The summed E-state index contributed by atoms with van der Waals surface area (Å²) in [6.07, 6.45) is -1.72. The summed E-state index contributed by atoms with van der Waals surface area (Å²) in [5.41, 5.74) is -3.35. The van der Waals surface area contributed by atoms with E-state index in [4.69, 9.17) is 27.1 Å². The number of hydrogen-bond acceptors (Lipinski definition) is 4. The van der Waals surface area contributed by atoms with Crippen LogP contribution in [0.2, 0.25) is 0 Å². The number of anilines is 1. The predicted molar refractivity (Wildman–Crippen MR) is 83.5 cm³/mol. The van der Waals surface area contributed by atoms with Crippen LogP contribution in [0.5, 0.6) is 0 Å². The van der Waals surface area contributed by atoms with Crippen molar-refractivity contribution in [2.24, 2.45) is 0 Å². The van der Waals surface area contributed by atoms with Crippen LogP contribution in [0.25, 0.3) is 0 Å². The molecule has 110 valence electrons. The molecule has 0 N–H and O–H groups in total. The number of aromatic nitrogens is 1. The zero-order valence-corrected chi connectivity index (χ0v) is 11.8. The van der Waals surface area contributed by atoms with Crippen LogP contribution in [0.1, 0.15) is 59.2 Å². The van der Waals surface area contributed by atoms with Gasteiger partial charge in [-0.3, -0.25) is 4.98 Å². The number of rotatable bonds is 4. The fraction of sp³-hybridized carbons (Fsp3) is 0.667. The van der Waals surface area contributed by atoms with Crippen LogP contribution in [0.4, 0.5) is 5.69 Å². The predicted octanol–water partition coefficient (Wildman–Crippen LogP) is 2.23. The minimum absolute atomic E-state index is 0.272. The van der Waals surface area contributed by atoms with Crippen molar-refractivity contribution in [3.63, 3.8) is 0 Å². The van der Waals surface area contributed by atoms with E-state index in [1.54, 1.807) is 27.7 Å². The van der Waals surface area contributed by atoms with Crippen LogP contribution in [0.15, 0.2) is 18.4 Å². The van der Waals surface area contributed by atoms with E-state index in [0.29, 0.717) is 0 Å². The van der Waals surface area contributed by atoms with E-state index in [-0.39, 0.29) is 4.90 Å². The third kappa shape index (κ3) is 2.70. The van der Waals surface area contributed by atoms with Gasteiger partial charge < -0.3 is 14.2 Å². The molecule has 5 heteroatoms. The molecule has 1 fully saturated rings. The van der Waals surface area contributed by atoms with Crippen LogP contribution >= 0.6 is 0 Å². The van der Waals surface area contributed by atoms with Crippen molar-refractivity contribution in [1.29, 1.82) is 0 Å². The maximum absolute atomic E-state index is 8.57. The molecule has 0 atom stereocenters. The molecule has 0 unspecified atom stereocenters. The number of nitrogens with zero attached hydrogens (tertiary/aromatic N) is 2. The highest BCUT2D eigenvalue weighted by Crippen LogP contribution is 2.36. The summed E-state index contributed by atoms with van der Waals surface area (Å²) in [6, 6.07) is -0.903. The summed E-state index contributed by atoms with van der Waals surface area (Å²) >= 11 is 0. The molecular weight excluding hydrogens is 251 g/mol. The van der Waals surface area contributed by atoms with E-state index in [9.17, 15) is 0 Å². The SMILES string of the molecule is [2H]c1nc([2H])c(N(C([2H])([2H])C([2H])([2H])[2H])C([2H])([2H])C([2H])([2H])[2H])c([2H])c1B1OC(C)(C)C(C)(C)O1. The quantitative estimate of drug-likeness (QED) is 0.796. The summed E-state index contributed by atoms with van der Waals surface area (Å²) < 4.78 is 114. The first-order chi connectivity index (χ1) is 14.4. The van der Waals surface area contributed by atoms with Gasteiger partial charge in [0.2, 0.25) is 0 Å². The Morgan fingerprint density at radius 2 is 1.85 bits per heavy atom. The summed E-state index contributed by atoms with van der Waals surface area (Å²) in [7, 11) is -1.42. The lowest BCUT2D eigenvalue weighted by molar-refractivity contribution is 0.00578. The molecule has 20 heavy (non-hydrogen) atoms. The molecular formula is C15H25BN2O2. The molecule has 1 saturated heterocycles. The molecule has 1 aromatic heterocycles. The average Bonchev–Trinajstić information content (AvgIpc) is 2.75. The smallest absolute Gasteiger partial charge is 0.399 e. The van der Waals surface area contributed by atoms with Gasteiger partial charge in [0.15, 0.2) is 0 Å². The van der Waals surface area contributed by atoms with Crippen LogP contribution in [0, 0.1) is 0 Å². The van der Waals surface area contributed by atoms with E-state index in [0.717, 1.165) is 0 Å². The molecule has 0 amide bonds. The maximum Gasteiger partial charge on any atom is 0.496 e. The number of pyridine rings is 1. The van der Waals surface area contributed by atoms with Gasteiger partial charge in [-0.25, -0.2) is 0 Å². The fourth-order valence-corrected chi connectivity index (χ4v) is 1.64. The Labute approximate surface area is 140 Å². The maximum atomic E-state index is 8.57. The van der Waals surface area contributed by atoms with Crippen molar-refractivity contribution in [2.45, 2.75) is 52.6 Å². The highest BCUT2D eigenvalue weighted by atomic mass is 16.7. The van der Waals surface area contributed by atoms with Crippen molar-refractivity contribution >= 4 is 18.3 Å². The van der Waals surface area contributed by atoms with Gasteiger partial charge in [-0.1, -0.05) is 0 Å². The van der Waals surface area contributed by atoms with Crippen molar-refractivity contribution in [1.82, 2.24) is 4.98 Å². The van der Waals surface area contributed by atoms with Gasteiger partial charge in [-0.05, 0) is 47.4 Å². The molecule has 1 aromatic rings. The van der Waals surface area contributed by atoms with E-state index in [1.807, 2.05) is 0 Å². The van der Waals surface area contributed by atoms with Crippen molar-refractivity contribution in [3.05, 3.63) is 18.4 Å². The van der Waals surface area contributed by atoms with Crippen molar-refractivity contribution in [3.8, 4) is 0 Å². The second kappa shape index (κ2) is 5.37. The van der Waals surface area contributed by atoms with Gasteiger partial charge in [0, 0.05) is 38.3 Å². The molecule has 2 heterocycles. The fourth-order valence-electron chi connectivity index (χ4n) is 1.64. The molecule has 0 aliphatic carbocycles. The Morgan fingerprint density at radius 3 is 2.40 bits per heavy atom. The summed E-state index contributed by atoms with van der Waals surface area (Å²) in [5, 5.41) is 0. The zero-order chi connectivity index (χ0) is 26.2. The molecule has 4 nitrogen and oxygen atoms in total. The van der Waals surface area contributed by atoms with E-state index < -0.39 is 74.6 Å². The van der Waals surface area contributed by atoms with E-state index in [1.165, 1.54) is 0 Å². The topological polar surface area (TPSA) is 34.6 Å². The summed E-state index contributed by atoms with van der Waals surface area (Å²) in [4.78, 5) is 3.33. The molecule has 1 aliphatic heterocycles. The monoisotopic (exact) mass is 289 g/mol. The lowest BCUT2D eigenvalue weighted by Gasteiger charge is -2.32. The normalized spacial score (nSPS) is 32.4. The van der Waals surface area contributed by atoms with E-state index in [2.05, 4.69) is 4.98 Å². The molecule has 2 rings (SSSR count). The van der Waals surface area contributed by atoms with Gasteiger partial charge in [0.05, 0.1) is 27.2 Å². The van der Waals surface area contributed by atoms with Crippen LogP contribution in [0.3, 0.4) is 0 Å². The Hall–Kier alpha value is -1.07. The highest BCUT2D eigenvalue weighted by molar-refractivity contribution is 6.62. The Bertz CT molecular complexity index is 888.